The first-order valence-corrected chi connectivity index (χ1v) is 6.65. The molecule has 0 saturated carbocycles. The summed E-state index contributed by atoms with van der Waals surface area (Å²) >= 11 is 0. The Morgan fingerprint density at radius 1 is 1.32 bits per heavy atom. The lowest BCUT2D eigenvalue weighted by Gasteiger charge is -2.20. The standard InChI is InChI=1S/C15H17N3O/c19-15-10-16-6-2-8-18(15)11-12-4-5-14-13(9-12)3-1-7-17-14/h1,3-5,7,9,16H,2,6,8,10-11H2. The van der Waals surface area contributed by atoms with Crippen molar-refractivity contribution >= 4 is 16.8 Å². The number of carbonyl (C=O) groups excluding carboxylic acids is 1. The molecule has 1 N–H and O–H groups in total. The third-order valence-electron chi connectivity index (χ3n) is 3.45. The van der Waals surface area contributed by atoms with Gasteiger partial charge in [-0.2, -0.15) is 0 Å². The number of hydrogen-bond acceptors (Lipinski definition) is 3. The summed E-state index contributed by atoms with van der Waals surface area (Å²) in [7, 11) is 0. The van der Waals surface area contributed by atoms with Crippen LogP contribution >= 0.6 is 0 Å². The van der Waals surface area contributed by atoms with Gasteiger partial charge in [-0.25, -0.2) is 0 Å². The molecule has 2 heterocycles. The fraction of sp³-hybridized carbons (Fsp3) is 0.333. The van der Waals surface area contributed by atoms with Gasteiger partial charge in [0.25, 0.3) is 0 Å². The smallest absolute Gasteiger partial charge is 0.236 e. The minimum absolute atomic E-state index is 0.184. The molecule has 1 aromatic carbocycles. The molecule has 2 aromatic rings. The van der Waals surface area contributed by atoms with Gasteiger partial charge in [-0.15, -0.1) is 0 Å². The average Bonchev–Trinajstić information content (AvgIpc) is 2.64. The SMILES string of the molecule is O=C1CNCCCN1Cc1ccc2ncccc2c1. The Kier molecular flexibility index (Phi) is 3.42. The van der Waals surface area contributed by atoms with Gasteiger partial charge in [0.1, 0.15) is 0 Å². The van der Waals surface area contributed by atoms with Crippen LogP contribution in [0, 0.1) is 0 Å². The fourth-order valence-corrected chi connectivity index (χ4v) is 2.44. The molecule has 0 spiro atoms. The Morgan fingerprint density at radius 2 is 2.26 bits per heavy atom. The van der Waals surface area contributed by atoms with E-state index in [1.54, 1.807) is 6.20 Å². The molecule has 19 heavy (non-hydrogen) atoms. The zero-order chi connectivity index (χ0) is 13.1. The first-order valence-electron chi connectivity index (χ1n) is 6.65. The molecular formula is C15H17N3O. The van der Waals surface area contributed by atoms with Gasteiger partial charge in [0.15, 0.2) is 0 Å². The highest BCUT2D eigenvalue weighted by molar-refractivity contribution is 5.80. The van der Waals surface area contributed by atoms with Crippen molar-refractivity contribution in [2.24, 2.45) is 0 Å². The number of rotatable bonds is 2. The summed E-state index contributed by atoms with van der Waals surface area (Å²) in [5.74, 6) is 0.184. The Morgan fingerprint density at radius 3 is 3.21 bits per heavy atom. The normalized spacial score (nSPS) is 16.6. The number of nitrogens with zero attached hydrogens (tertiary/aromatic N) is 2. The summed E-state index contributed by atoms with van der Waals surface area (Å²) < 4.78 is 0. The second-order valence-corrected chi connectivity index (χ2v) is 4.88. The molecule has 3 rings (SSSR count). The molecule has 98 valence electrons. The molecule has 1 fully saturated rings. The van der Waals surface area contributed by atoms with E-state index in [4.69, 9.17) is 0 Å². The molecule has 4 nitrogen and oxygen atoms in total. The quantitative estimate of drug-likeness (QED) is 0.885. The summed E-state index contributed by atoms with van der Waals surface area (Å²) in [5.41, 5.74) is 2.16. The van der Waals surface area contributed by atoms with E-state index in [0.717, 1.165) is 36.0 Å². The van der Waals surface area contributed by atoms with Crippen molar-refractivity contribution in [1.29, 1.82) is 0 Å². The van der Waals surface area contributed by atoms with Crippen LogP contribution in [0.2, 0.25) is 0 Å². The van der Waals surface area contributed by atoms with Crippen molar-refractivity contribution in [2.75, 3.05) is 19.6 Å². The first kappa shape index (κ1) is 12.1. The third-order valence-corrected chi connectivity index (χ3v) is 3.45. The molecule has 1 saturated heterocycles. The number of nitrogens with one attached hydrogen (secondary N) is 1. The number of fused-ring (bicyclic) bond motifs is 1. The highest BCUT2D eigenvalue weighted by Gasteiger charge is 2.16. The molecule has 1 aliphatic rings. The van der Waals surface area contributed by atoms with Gasteiger partial charge < -0.3 is 10.2 Å². The van der Waals surface area contributed by atoms with Crippen molar-refractivity contribution < 1.29 is 4.79 Å². The van der Waals surface area contributed by atoms with Crippen molar-refractivity contribution in [3.63, 3.8) is 0 Å². The number of pyridine rings is 1. The second kappa shape index (κ2) is 5.36. The predicted molar refractivity (Wildman–Crippen MR) is 74.6 cm³/mol. The van der Waals surface area contributed by atoms with Crippen molar-refractivity contribution in [3.05, 3.63) is 42.1 Å². The number of aromatic nitrogens is 1. The summed E-state index contributed by atoms with van der Waals surface area (Å²) in [6, 6.07) is 10.2. The zero-order valence-electron chi connectivity index (χ0n) is 10.8. The Hall–Kier alpha value is -1.94. The lowest BCUT2D eigenvalue weighted by molar-refractivity contribution is -0.130. The van der Waals surface area contributed by atoms with E-state index in [2.05, 4.69) is 28.5 Å². The maximum absolute atomic E-state index is 11.9. The largest absolute Gasteiger partial charge is 0.337 e. The van der Waals surface area contributed by atoms with E-state index in [-0.39, 0.29) is 5.91 Å². The van der Waals surface area contributed by atoms with Crippen LogP contribution in [-0.4, -0.2) is 35.4 Å². The minimum atomic E-state index is 0.184. The van der Waals surface area contributed by atoms with Crippen LogP contribution in [0.25, 0.3) is 10.9 Å². The maximum atomic E-state index is 11.9. The molecule has 0 bridgehead atoms. The summed E-state index contributed by atoms with van der Waals surface area (Å²) in [6.45, 7) is 2.89. The number of carbonyl (C=O) groups is 1. The van der Waals surface area contributed by atoms with E-state index in [9.17, 15) is 4.79 Å². The lowest BCUT2D eigenvalue weighted by atomic mass is 10.1. The summed E-state index contributed by atoms with van der Waals surface area (Å²) in [6.07, 6.45) is 2.81. The van der Waals surface area contributed by atoms with Crippen LogP contribution in [0.1, 0.15) is 12.0 Å². The van der Waals surface area contributed by atoms with Crippen molar-refractivity contribution in [3.8, 4) is 0 Å². The van der Waals surface area contributed by atoms with Crippen molar-refractivity contribution in [2.45, 2.75) is 13.0 Å². The fourth-order valence-electron chi connectivity index (χ4n) is 2.44. The van der Waals surface area contributed by atoms with Gasteiger partial charge in [0, 0.05) is 24.7 Å². The Balaban J connectivity index is 1.82. The second-order valence-electron chi connectivity index (χ2n) is 4.88. The van der Waals surface area contributed by atoms with Gasteiger partial charge >= 0.3 is 0 Å². The number of amides is 1. The van der Waals surface area contributed by atoms with Crippen LogP contribution < -0.4 is 5.32 Å². The molecule has 0 unspecified atom stereocenters. The first-order chi connectivity index (χ1) is 9.33. The molecule has 1 amide bonds. The Bertz CT molecular complexity index is 597. The topological polar surface area (TPSA) is 45.2 Å². The third kappa shape index (κ3) is 2.74. The molecule has 1 aromatic heterocycles. The molecule has 0 atom stereocenters. The molecule has 0 aliphatic carbocycles. The Labute approximate surface area is 112 Å². The lowest BCUT2D eigenvalue weighted by Crippen LogP contribution is -2.34. The van der Waals surface area contributed by atoms with Crippen LogP contribution in [0.15, 0.2) is 36.5 Å². The van der Waals surface area contributed by atoms with Gasteiger partial charge in [-0.05, 0) is 36.7 Å². The number of benzene rings is 1. The predicted octanol–water partition coefficient (Wildman–Crippen LogP) is 1.56. The average molecular weight is 255 g/mol. The van der Waals surface area contributed by atoms with Gasteiger partial charge in [0.2, 0.25) is 5.91 Å². The minimum Gasteiger partial charge on any atom is -0.337 e. The van der Waals surface area contributed by atoms with E-state index in [1.807, 2.05) is 17.0 Å². The van der Waals surface area contributed by atoms with Gasteiger partial charge in [-0.3, -0.25) is 9.78 Å². The van der Waals surface area contributed by atoms with Crippen LogP contribution in [0.4, 0.5) is 0 Å². The number of hydrogen-bond donors (Lipinski definition) is 1. The van der Waals surface area contributed by atoms with Gasteiger partial charge in [-0.1, -0.05) is 12.1 Å². The molecule has 0 radical (unpaired) electrons. The van der Waals surface area contributed by atoms with Crippen LogP contribution in [-0.2, 0) is 11.3 Å². The molecule has 4 heteroatoms. The van der Waals surface area contributed by atoms with E-state index < -0.39 is 0 Å². The van der Waals surface area contributed by atoms with E-state index in [1.165, 1.54) is 0 Å². The zero-order valence-corrected chi connectivity index (χ0v) is 10.8. The molecule has 1 aliphatic heterocycles. The van der Waals surface area contributed by atoms with Gasteiger partial charge in [0.05, 0.1) is 12.1 Å². The van der Waals surface area contributed by atoms with E-state index in [0.29, 0.717) is 13.1 Å². The van der Waals surface area contributed by atoms with Crippen molar-refractivity contribution in [1.82, 2.24) is 15.2 Å². The van der Waals surface area contributed by atoms with Crippen LogP contribution in [0.3, 0.4) is 0 Å². The maximum Gasteiger partial charge on any atom is 0.236 e. The summed E-state index contributed by atoms with van der Waals surface area (Å²) in [5, 5.41) is 4.27. The summed E-state index contributed by atoms with van der Waals surface area (Å²) in [4.78, 5) is 18.2. The molecular weight excluding hydrogens is 238 g/mol. The monoisotopic (exact) mass is 255 g/mol. The highest BCUT2D eigenvalue weighted by Crippen LogP contribution is 2.15. The van der Waals surface area contributed by atoms with Crippen LogP contribution in [0.5, 0.6) is 0 Å². The highest BCUT2D eigenvalue weighted by atomic mass is 16.2. The van der Waals surface area contributed by atoms with E-state index >= 15 is 0 Å².